The van der Waals surface area contributed by atoms with Gasteiger partial charge in [0.2, 0.25) is 15.9 Å². The number of sulfonamides is 1. The van der Waals surface area contributed by atoms with Gasteiger partial charge in [0.25, 0.3) is 0 Å². The van der Waals surface area contributed by atoms with Crippen LogP contribution in [0.2, 0.25) is 0 Å². The highest BCUT2D eigenvalue weighted by Crippen LogP contribution is 2.49. The average molecular weight is 583 g/mol. The summed E-state index contributed by atoms with van der Waals surface area (Å²) in [6.07, 6.45) is 6.42. The van der Waals surface area contributed by atoms with Gasteiger partial charge in [0, 0.05) is 42.8 Å². The molecule has 3 aromatic rings. The number of imidazole rings is 1. The zero-order chi connectivity index (χ0) is 28.6. The number of aromatic nitrogens is 4. The average Bonchev–Trinajstić information content (AvgIpc) is 3.72. The largest absolute Gasteiger partial charge is 0.364 e. The van der Waals surface area contributed by atoms with E-state index in [2.05, 4.69) is 25.9 Å². The van der Waals surface area contributed by atoms with E-state index >= 15 is 0 Å². The minimum absolute atomic E-state index is 0.0664. The number of amides is 1. The van der Waals surface area contributed by atoms with Crippen LogP contribution in [-0.4, -0.2) is 69.5 Å². The summed E-state index contributed by atoms with van der Waals surface area (Å²) < 4.78 is 31.8. The number of carbonyl (C=O) groups excluding carboxylic acids is 1. The van der Waals surface area contributed by atoms with Crippen molar-refractivity contribution in [3.63, 3.8) is 0 Å². The van der Waals surface area contributed by atoms with Crippen molar-refractivity contribution in [2.75, 3.05) is 18.0 Å². The monoisotopic (exact) mass is 582 g/mol. The molecule has 3 aliphatic rings. The van der Waals surface area contributed by atoms with Gasteiger partial charge in [0.05, 0.1) is 18.0 Å². The van der Waals surface area contributed by atoms with Gasteiger partial charge in [0.1, 0.15) is 21.0 Å². The number of nitrogens with zero attached hydrogens (tertiary/aromatic N) is 7. The summed E-state index contributed by atoms with van der Waals surface area (Å²) in [7, 11) is -3.82. The van der Waals surface area contributed by atoms with Crippen LogP contribution in [0.4, 0.5) is 5.69 Å². The van der Waals surface area contributed by atoms with Crippen molar-refractivity contribution >= 4 is 38.6 Å². The highest BCUT2D eigenvalue weighted by Gasteiger charge is 2.48. The Hall–Kier alpha value is -3.08. The molecule has 1 aliphatic heterocycles. The maximum Gasteiger partial charge on any atom is 0.242 e. The van der Waals surface area contributed by atoms with E-state index in [1.54, 1.807) is 22.9 Å². The molecule has 40 heavy (non-hydrogen) atoms. The molecule has 11 nitrogen and oxygen atoms in total. The predicted octanol–water partition coefficient (Wildman–Crippen LogP) is 3.32. The minimum Gasteiger partial charge on any atom is -0.364 e. The Kier molecular flexibility index (Phi) is 6.25. The Labute approximate surface area is 238 Å². The van der Waals surface area contributed by atoms with Crippen molar-refractivity contribution in [1.82, 2.24) is 29.2 Å². The molecule has 13 heteroatoms. The molecule has 1 amide bonds. The van der Waals surface area contributed by atoms with Gasteiger partial charge in [-0.25, -0.2) is 18.1 Å². The van der Waals surface area contributed by atoms with E-state index in [4.69, 9.17) is 4.98 Å². The zero-order valence-electron chi connectivity index (χ0n) is 23.4. The van der Waals surface area contributed by atoms with Gasteiger partial charge in [0.15, 0.2) is 10.7 Å². The van der Waals surface area contributed by atoms with E-state index in [9.17, 15) is 18.5 Å². The van der Waals surface area contributed by atoms with Crippen molar-refractivity contribution in [2.45, 2.75) is 88.2 Å². The van der Waals surface area contributed by atoms with Crippen molar-refractivity contribution in [2.24, 2.45) is 5.92 Å². The molecule has 6 rings (SSSR count). The number of carbonyl (C=O) groups is 1. The number of pyridine rings is 1. The number of rotatable bonds is 7. The summed E-state index contributed by atoms with van der Waals surface area (Å²) in [6, 6.07) is 3.92. The topological polar surface area (TPSA) is 137 Å². The fourth-order valence-electron chi connectivity index (χ4n) is 5.53. The van der Waals surface area contributed by atoms with Crippen LogP contribution < -0.4 is 9.62 Å². The normalized spacial score (nSPS) is 23.4. The van der Waals surface area contributed by atoms with E-state index in [0.29, 0.717) is 40.1 Å². The maximum absolute atomic E-state index is 13.6. The maximum atomic E-state index is 13.6. The molecule has 0 unspecified atom stereocenters. The van der Waals surface area contributed by atoms with E-state index in [1.165, 1.54) is 11.3 Å². The first-order valence-corrected chi connectivity index (χ1v) is 16.0. The number of hydrogen-bond donors (Lipinski definition) is 1. The lowest BCUT2D eigenvalue weighted by Gasteiger charge is -2.46. The molecule has 0 aromatic carbocycles. The Morgan fingerprint density at radius 3 is 2.42 bits per heavy atom. The first-order chi connectivity index (χ1) is 18.9. The Morgan fingerprint density at radius 1 is 1.18 bits per heavy atom. The number of fused-ring (bicyclic) bond motifs is 1. The summed E-state index contributed by atoms with van der Waals surface area (Å²) in [5, 5.41) is 19.6. The Morgan fingerprint density at radius 2 is 1.85 bits per heavy atom. The van der Waals surface area contributed by atoms with E-state index in [1.807, 2.05) is 39.5 Å². The molecular formula is C27H34N8O3S2. The standard InChI is InChI=1S/C27H34N8O3S2/c1-16(2)24(36)35-17(3)12-33(13-18(35)4)20-10-19(40(37,38)32-26(5)6-7-26)14-34-21(11-29-22(20)34)23-30-31-25(39-23)27(15-28)8-9-27/h10-11,14,16-18,32H,6-9,12-13H2,1-5H3/t17-,18-/m0/s1. The van der Waals surface area contributed by atoms with Crippen LogP contribution in [0.3, 0.4) is 0 Å². The zero-order valence-corrected chi connectivity index (χ0v) is 25.0. The van der Waals surface area contributed by atoms with E-state index in [-0.39, 0.29) is 28.8 Å². The number of hydrogen-bond acceptors (Lipinski definition) is 9. The third kappa shape index (κ3) is 4.55. The number of nitrogens with one attached hydrogen (secondary N) is 1. The molecule has 1 N–H and O–H groups in total. The molecule has 0 bridgehead atoms. The van der Waals surface area contributed by atoms with E-state index < -0.39 is 21.0 Å². The van der Waals surface area contributed by atoms with Gasteiger partial charge in [-0.1, -0.05) is 25.2 Å². The van der Waals surface area contributed by atoms with Crippen LogP contribution in [0, 0.1) is 17.2 Å². The number of nitriles is 1. The SMILES string of the molecule is CC(C)C(=O)N1[C@@H](C)CN(c2cc(S(=O)(=O)NC3(C)CC3)cn3c(-c4nnc(C5(C#N)CC5)s4)cnc23)C[C@@H]1C. The fourth-order valence-corrected chi connectivity index (χ4v) is 8.06. The Bertz CT molecular complexity index is 1630. The minimum atomic E-state index is -3.82. The van der Waals surface area contributed by atoms with Crippen LogP contribution in [0.25, 0.3) is 16.3 Å². The lowest BCUT2D eigenvalue weighted by Crippen LogP contribution is -2.59. The fraction of sp³-hybridized carbons (Fsp3) is 0.593. The molecular weight excluding hydrogens is 548 g/mol. The molecule has 2 saturated carbocycles. The molecule has 3 fully saturated rings. The van der Waals surface area contributed by atoms with Gasteiger partial charge in [-0.2, -0.15) is 5.26 Å². The lowest BCUT2D eigenvalue weighted by molar-refractivity contribution is -0.139. The third-order valence-corrected chi connectivity index (χ3v) is 11.0. The van der Waals surface area contributed by atoms with Crippen molar-refractivity contribution in [1.29, 1.82) is 5.26 Å². The summed E-state index contributed by atoms with van der Waals surface area (Å²) in [5.74, 6) is 0.0120. The number of anilines is 1. The first-order valence-electron chi connectivity index (χ1n) is 13.7. The summed E-state index contributed by atoms with van der Waals surface area (Å²) in [5.41, 5.74) is 0.928. The van der Waals surface area contributed by atoms with Gasteiger partial charge in [-0.3, -0.25) is 9.20 Å². The molecule has 0 radical (unpaired) electrons. The number of piperazine rings is 1. The summed E-state index contributed by atoms with van der Waals surface area (Å²) >= 11 is 1.35. The predicted molar refractivity (Wildman–Crippen MR) is 151 cm³/mol. The van der Waals surface area contributed by atoms with Gasteiger partial charge in [-0.15, -0.1) is 10.2 Å². The highest BCUT2D eigenvalue weighted by atomic mass is 32.2. The van der Waals surface area contributed by atoms with Crippen molar-refractivity contribution < 1.29 is 13.2 Å². The molecule has 212 valence electrons. The van der Waals surface area contributed by atoms with Gasteiger partial charge < -0.3 is 9.80 Å². The quantitative estimate of drug-likeness (QED) is 0.448. The smallest absolute Gasteiger partial charge is 0.242 e. The molecule has 0 spiro atoms. The van der Waals surface area contributed by atoms with Crippen LogP contribution in [0.5, 0.6) is 0 Å². The molecule has 2 aliphatic carbocycles. The van der Waals surface area contributed by atoms with Gasteiger partial charge in [-0.05, 0) is 52.5 Å². The second kappa shape index (κ2) is 9.22. The molecule has 3 aromatic heterocycles. The van der Waals surface area contributed by atoms with Crippen molar-refractivity contribution in [3.8, 4) is 16.8 Å². The second-order valence-electron chi connectivity index (χ2n) is 12.2. The molecule has 2 atom stereocenters. The van der Waals surface area contributed by atoms with Crippen LogP contribution >= 0.6 is 11.3 Å². The van der Waals surface area contributed by atoms with E-state index in [0.717, 1.165) is 25.7 Å². The van der Waals surface area contributed by atoms with Crippen LogP contribution in [-0.2, 0) is 20.2 Å². The summed E-state index contributed by atoms with van der Waals surface area (Å²) in [4.78, 5) is 21.9. The molecule has 4 heterocycles. The van der Waals surface area contributed by atoms with Gasteiger partial charge >= 0.3 is 0 Å². The van der Waals surface area contributed by atoms with Crippen LogP contribution in [0.1, 0.15) is 65.3 Å². The Balaban J connectivity index is 1.44. The lowest BCUT2D eigenvalue weighted by atomic mass is 10.0. The second-order valence-corrected chi connectivity index (χ2v) is 14.8. The highest BCUT2D eigenvalue weighted by molar-refractivity contribution is 7.89. The summed E-state index contributed by atoms with van der Waals surface area (Å²) in [6.45, 7) is 10.9. The van der Waals surface area contributed by atoms with Crippen LogP contribution in [0.15, 0.2) is 23.4 Å². The van der Waals surface area contributed by atoms with Crippen molar-refractivity contribution in [3.05, 3.63) is 23.5 Å². The molecule has 1 saturated heterocycles. The third-order valence-electron chi connectivity index (χ3n) is 8.28. The first kappa shape index (κ1) is 27.1.